The van der Waals surface area contributed by atoms with Gasteiger partial charge in [-0.15, -0.1) is 0 Å². The molecule has 1 rings (SSSR count). The van der Waals surface area contributed by atoms with E-state index in [2.05, 4.69) is 19.2 Å². The van der Waals surface area contributed by atoms with Gasteiger partial charge in [0.15, 0.2) is 0 Å². The molecule has 1 amide bonds. The van der Waals surface area contributed by atoms with Crippen LogP contribution in [0.25, 0.3) is 0 Å². The fourth-order valence-corrected chi connectivity index (χ4v) is 1.76. The van der Waals surface area contributed by atoms with Crippen molar-refractivity contribution in [2.75, 3.05) is 19.8 Å². The molecule has 0 aliphatic carbocycles. The van der Waals surface area contributed by atoms with Gasteiger partial charge in [-0.05, 0) is 24.3 Å². The van der Waals surface area contributed by atoms with E-state index >= 15 is 0 Å². The summed E-state index contributed by atoms with van der Waals surface area (Å²) in [6.45, 7) is 6.11. The molecule has 20 heavy (non-hydrogen) atoms. The van der Waals surface area contributed by atoms with Crippen molar-refractivity contribution in [2.45, 2.75) is 32.7 Å². The molecule has 112 valence electrons. The minimum atomic E-state index is -0.506. The molecule has 4 nitrogen and oxygen atoms in total. The van der Waals surface area contributed by atoms with Crippen LogP contribution in [0.15, 0.2) is 30.3 Å². The van der Waals surface area contributed by atoms with Crippen LogP contribution in [0.4, 0.5) is 0 Å². The third kappa shape index (κ3) is 7.26. The van der Waals surface area contributed by atoms with Crippen molar-refractivity contribution >= 4 is 5.91 Å². The summed E-state index contributed by atoms with van der Waals surface area (Å²) in [6, 6.07) is 9.28. The van der Waals surface area contributed by atoms with Gasteiger partial charge in [-0.25, -0.2) is 0 Å². The number of carbonyl (C=O) groups excluding carboxylic acids is 1. The van der Waals surface area contributed by atoms with Gasteiger partial charge in [0.25, 0.3) is 0 Å². The van der Waals surface area contributed by atoms with Crippen molar-refractivity contribution in [3.63, 3.8) is 0 Å². The van der Waals surface area contributed by atoms with E-state index in [-0.39, 0.29) is 5.91 Å². The molecule has 0 radical (unpaired) electrons. The lowest BCUT2D eigenvalue weighted by atomic mass is 10.1. The lowest BCUT2D eigenvalue weighted by molar-refractivity contribution is -0.122. The van der Waals surface area contributed by atoms with Crippen LogP contribution in [-0.2, 0) is 16.0 Å². The number of ether oxygens (including phenoxy) is 1. The average Bonchev–Trinajstić information content (AvgIpc) is 2.43. The fourth-order valence-electron chi connectivity index (χ4n) is 1.76. The van der Waals surface area contributed by atoms with Gasteiger partial charge in [0.05, 0.1) is 12.6 Å². The molecule has 0 aromatic heterocycles. The zero-order valence-electron chi connectivity index (χ0n) is 12.5. The first-order valence-electron chi connectivity index (χ1n) is 7.24. The zero-order chi connectivity index (χ0) is 14.8. The molecule has 0 aliphatic rings. The number of hydrogen-bond donors (Lipinski definition) is 2. The van der Waals surface area contributed by atoms with Crippen LogP contribution in [0.1, 0.15) is 25.8 Å². The van der Waals surface area contributed by atoms with Crippen LogP contribution in [0.2, 0.25) is 0 Å². The Morgan fingerprint density at radius 2 is 1.95 bits per heavy atom. The summed E-state index contributed by atoms with van der Waals surface area (Å²) in [7, 11) is 0. The van der Waals surface area contributed by atoms with Gasteiger partial charge in [-0.3, -0.25) is 4.79 Å². The van der Waals surface area contributed by atoms with E-state index in [0.29, 0.717) is 25.5 Å². The molecule has 0 aliphatic heterocycles. The molecule has 0 fully saturated rings. The highest BCUT2D eigenvalue weighted by atomic mass is 16.5. The quantitative estimate of drug-likeness (QED) is 0.676. The van der Waals surface area contributed by atoms with Crippen molar-refractivity contribution in [1.82, 2.24) is 5.32 Å². The number of amides is 1. The predicted octanol–water partition coefficient (Wildman–Crippen LogP) is 1.74. The lowest BCUT2D eigenvalue weighted by Gasteiger charge is -2.12. The molecule has 0 saturated carbocycles. The number of rotatable bonds is 9. The summed E-state index contributed by atoms with van der Waals surface area (Å²) in [5.74, 6) is 0.519. The van der Waals surface area contributed by atoms with Crippen LogP contribution in [0.3, 0.4) is 0 Å². The van der Waals surface area contributed by atoms with Crippen LogP contribution in [0, 0.1) is 5.92 Å². The van der Waals surface area contributed by atoms with Gasteiger partial charge in [0.1, 0.15) is 0 Å². The molecule has 3 N–H and O–H groups in total. The Kier molecular flexibility index (Phi) is 7.92. The van der Waals surface area contributed by atoms with Gasteiger partial charge in [-0.1, -0.05) is 44.2 Å². The summed E-state index contributed by atoms with van der Waals surface area (Å²) in [6.07, 6.45) is 1.60. The SMILES string of the molecule is CC(C)CCOCCNC(=O)[C@H](N)Cc1ccccc1. The molecular weight excluding hydrogens is 252 g/mol. The summed E-state index contributed by atoms with van der Waals surface area (Å²) in [5.41, 5.74) is 6.95. The summed E-state index contributed by atoms with van der Waals surface area (Å²) >= 11 is 0. The number of carbonyl (C=O) groups is 1. The third-order valence-electron chi connectivity index (χ3n) is 3.02. The van der Waals surface area contributed by atoms with E-state index in [4.69, 9.17) is 10.5 Å². The smallest absolute Gasteiger partial charge is 0.237 e. The first-order chi connectivity index (χ1) is 9.59. The molecule has 1 aromatic rings. The van der Waals surface area contributed by atoms with E-state index in [0.717, 1.165) is 18.6 Å². The van der Waals surface area contributed by atoms with Gasteiger partial charge in [0.2, 0.25) is 5.91 Å². The third-order valence-corrected chi connectivity index (χ3v) is 3.02. The molecule has 0 bridgehead atoms. The topological polar surface area (TPSA) is 64.3 Å². The summed E-state index contributed by atoms with van der Waals surface area (Å²) in [5, 5.41) is 2.80. The Labute approximate surface area is 121 Å². The molecule has 4 heteroatoms. The van der Waals surface area contributed by atoms with Crippen molar-refractivity contribution in [3.8, 4) is 0 Å². The number of nitrogens with one attached hydrogen (secondary N) is 1. The predicted molar refractivity (Wildman–Crippen MR) is 81.4 cm³/mol. The van der Waals surface area contributed by atoms with Crippen molar-refractivity contribution in [1.29, 1.82) is 0 Å². The fraction of sp³-hybridized carbons (Fsp3) is 0.562. The first kappa shape index (κ1) is 16.7. The second kappa shape index (κ2) is 9.50. The lowest BCUT2D eigenvalue weighted by Crippen LogP contribution is -2.43. The van der Waals surface area contributed by atoms with E-state index in [9.17, 15) is 4.79 Å². The first-order valence-corrected chi connectivity index (χ1v) is 7.24. The molecule has 0 heterocycles. The standard InChI is InChI=1S/C16H26N2O2/c1-13(2)8-10-20-11-9-18-16(19)15(17)12-14-6-4-3-5-7-14/h3-7,13,15H,8-12,17H2,1-2H3,(H,18,19)/t15-/m1/s1. The van der Waals surface area contributed by atoms with Gasteiger partial charge < -0.3 is 15.8 Å². The normalized spacial score (nSPS) is 12.4. The van der Waals surface area contributed by atoms with Crippen LogP contribution in [0.5, 0.6) is 0 Å². The monoisotopic (exact) mass is 278 g/mol. The zero-order valence-corrected chi connectivity index (χ0v) is 12.5. The van der Waals surface area contributed by atoms with Crippen LogP contribution < -0.4 is 11.1 Å². The van der Waals surface area contributed by atoms with Crippen LogP contribution >= 0.6 is 0 Å². The molecule has 1 aromatic carbocycles. The Morgan fingerprint density at radius 1 is 1.25 bits per heavy atom. The minimum Gasteiger partial charge on any atom is -0.380 e. The van der Waals surface area contributed by atoms with E-state index < -0.39 is 6.04 Å². The maximum absolute atomic E-state index is 11.8. The van der Waals surface area contributed by atoms with E-state index in [1.165, 1.54) is 0 Å². The number of benzene rings is 1. The highest BCUT2D eigenvalue weighted by molar-refractivity contribution is 5.81. The number of hydrogen-bond acceptors (Lipinski definition) is 3. The highest BCUT2D eigenvalue weighted by Crippen LogP contribution is 2.02. The van der Waals surface area contributed by atoms with Crippen LogP contribution in [-0.4, -0.2) is 31.7 Å². The molecular formula is C16H26N2O2. The largest absolute Gasteiger partial charge is 0.380 e. The summed E-state index contributed by atoms with van der Waals surface area (Å²) < 4.78 is 5.44. The molecule has 0 unspecified atom stereocenters. The minimum absolute atomic E-state index is 0.124. The van der Waals surface area contributed by atoms with Gasteiger partial charge in [-0.2, -0.15) is 0 Å². The van der Waals surface area contributed by atoms with E-state index in [1.54, 1.807) is 0 Å². The Hall–Kier alpha value is -1.39. The maximum Gasteiger partial charge on any atom is 0.237 e. The summed E-state index contributed by atoms with van der Waals surface area (Å²) in [4.78, 5) is 11.8. The Morgan fingerprint density at radius 3 is 2.60 bits per heavy atom. The second-order valence-corrected chi connectivity index (χ2v) is 5.38. The Balaban J connectivity index is 2.13. The van der Waals surface area contributed by atoms with Gasteiger partial charge >= 0.3 is 0 Å². The van der Waals surface area contributed by atoms with E-state index in [1.807, 2.05) is 30.3 Å². The van der Waals surface area contributed by atoms with Crippen molar-refractivity contribution < 1.29 is 9.53 Å². The number of nitrogens with two attached hydrogens (primary N) is 1. The highest BCUT2D eigenvalue weighted by Gasteiger charge is 2.13. The maximum atomic E-state index is 11.8. The molecule has 0 spiro atoms. The van der Waals surface area contributed by atoms with Crippen molar-refractivity contribution in [2.24, 2.45) is 11.7 Å². The van der Waals surface area contributed by atoms with Gasteiger partial charge in [0, 0.05) is 13.2 Å². The van der Waals surface area contributed by atoms with Crippen molar-refractivity contribution in [3.05, 3.63) is 35.9 Å². The Bertz CT molecular complexity index is 379. The second-order valence-electron chi connectivity index (χ2n) is 5.38. The molecule has 1 atom stereocenters. The molecule has 0 saturated heterocycles. The average molecular weight is 278 g/mol.